The Kier molecular flexibility index (Phi) is 5.76. The summed E-state index contributed by atoms with van der Waals surface area (Å²) in [6.07, 6.45) is 4.57. The van der Waals surface area contributed by atoms with Gasteiger partial charge in [0.2, 0.25) is 0 Å². The van der Waals surface area contributed by atoms with Crippen molar-refractivity contribution in [2.75, 3.05) is 25.0 Å². The van der Waals surface area contributed by atoms with Crippen LogP contribution in [-0.4, -0.2) is 30.6 Å². The first kappa shape index (κ1) is 15.7. The van der Waals surface area contributed by atoms with Gasteiger partial charge in [0.25, 0.3) is 0 Å². The van der Waals surface area contributed by atoms with Gasteiger partial charge in [-0.1, -0.05) is 34.9 Å². The summed E-state index contributed by atoms with van der Waals surface area (Å²) in [4.78, 5) is 2.49. The number of allylic oxidation sites excluding steroid dienone is 1. The Labute approximate surface area is 131 Å². The summed E-state index contributed by atoms with van der Waals surface area (Å²) in [5.74, 6) is 0. The molecule has 2 nitrogen and oxygen atoms in total. The number of nitrogens with zero attached hydrogens (tertiary/aromatic N) is 1. The van der Waals surface area contributed by atoms with E-state index >= 15 is 0 Å². The first-order valence-electron chi connectivity index (χ1n) is 7.12. The normalized spacial score (nSPS) is 17.0. The van der Waals surface area contributed by atoms with Crippen molar-refractivity contribution in [3.8, 4) is 0 Å². The molecule has 0 unspecified atom stereocenters. The van der Waals surface area contributed by atoms with E-state index in [2.05, 4.69) is 30.1 Å². The predicted molar refractivity (Wildman–Crippen MR) is 89.0 cm³/mol. The second kappa shape index (κ2) is 7.35. The highest BCUT2D eigenvalue weighted by molar-refractivity contribution is 6.35. The molecular formula is C16H22Cl2N2. The first-order chi connectivity index (χ1) is 9.54. The summed E-state index contributed by atoms with van der Waals surface area (Å²) in [5, 5.41) is 4.97. The average molecular weight is 313 g/mol. The molecule has 1 fully saturated rings. The molecule has 1 aliphatic heterocycles. The van der Waals surface area contributed by atoms with E-state index in [9.17, 15) is 0 Å². The van der Waals surface area contributed by atoms with Gasteiger partial charge in [-0.3, -0.25) is 4.90 Å². The Bertz CT molecular complexity index is 473. The number of halogens is 2. The number of likely N-dealkylation sites (tertiary alicyclic amines) is 1. The molecule has 0 amide bonds. The molecule has 0 aromatic heterocycles. The molecule has 0 radical (unpaired) electrons. The SMILES string of the molecule is CC(C)=CCN1CCC(Nc2cc(Cl)ccc2Cl)CC1. The van der Waals surface area contributed by atoms with Crippen molar-refractivity contribution in [2.45, 2.75) is 32.7 Å². The molecule has 110 valence electrons. The largest absolute Gasteiger partial charge is 0.381 e. The van der Waals surface area contributed by atoms with Crippen LogP contribution < -0.4 is 5.32 Å². The van der Waals surface area contributed by atoms with Crippen LogP contribution in [0.3, 0.4) is 0 Å². The standard InChI is InChI=1S/C16H22Cl2N2/c1-12(2)5-8-20-9-6-14(7-10-20)19-16-11-13(17)3-4-15(16)18/h3-5,11,14,19H,6-10H2,1-2H3. The number of hydrogen-bond acceptors (Lipinski definition) is 2. The lowest BCUT2D eigenvalue weighted by molar-refractivity contribution is 0.240. The van der Waals surface area contributed by atoms with Crippen LogP contribution in [0.1, 0.15) is 26.7 Å². The third-order valence-corrected chi connectivity index (χ3v) is 4.20. The highest BCUT2D eigenvalue weighted by Gasteiger charge is 2.18. The lowest BCUT2D eigenvalue weighted by atomic mass is 10.0. The molecule has 0 saturated carbocycles. The molecule has 0 aliphatic carbocycles. The molecule has 1 aromatic carbocycles. The van der Waals surface area contributed by atoms with Gasteiger partial charge in [0.15, 0.2) is 0 Å². The van der Waals surface area contributed by atoms with Crippen molar-refractivity contribution in [1.82, 2.24) is 4.90 Å². The molecular weight excluding hydrogens is 291 g/mol. The van der Waals surface area contributed by atoms with Crippen LogP contribution in [0.4, 0.5) is 5.69 Å². The van der Waals surface area contributed by atoms with Crippen LogP contribution in [0.25, 0.3) is 0 Å². The molecule has 20 heavy (non-hydrogen) atoms. The zero-order chi connectivity index (χ0) is 14.5. The van der Waals surface area contributed by atoms with Gasteiger partial charge in [-0.25, -0.2) is 0 Å². The van der Waals surface area contributed by atoms with Gasteiger partial charge in [-0.2, -0.15) is 0 Å². The highest BCUT2D eigenvalue weighted by Crippen LogP contribution is 2.27. The topological polar surface area (TPSA) is 15.3 Å². The average Bonchev–Trinajstić information content (AvgIpc) is 2.42. The lowest BCUT2D eigenvalue weighted by Crippen LogP contribution is -2.39. The summed E-state index contributed by atoms with van der Waals surface area (Å²) >= 11 is 12.2. The summed E-state index contributed by atoms with van der Waals surface area (Å²) in [6, 6.07) is 6.04. The summed E-state index contributed by atoms with van der Waals surface area (Å²) in [6.45, 7) is 7.61. The second-order valence-electron chi connectivity index (χ2n) is 5.62. The first-order valence-corrected chi connectivity index (χ1v) is 7.87. The molecule has 1 heterocycles. The molecule has 0 atom stereocenters. The zero-order valence-electron chi connectivity index (χ0n) is 12.1. The molecule has 1 aliphatic rings. The Balaban J connectivity index is 1.85. The van der Waals surface area contributed by atoms with Crippen LogP contribution >= 0.6 is 23.2 Å². The van der Waals surface area contributed by atoms with Crippen LogP contribution in [0.2, 0.25) is 10.0 Å². The van der Waals surface area contributed by atoms with Gasteiger partial charge >= 0.3 is 0 Å². The van der Waals surface area contributed by atoms with E-state index in [0.29, 0.717) is 6.04 Å². The Morgan fingerprint density at radius 3 is 2.65 bits per heavy atom. The van der Waals surface area contributed by atoms with E-state index in [0.717, 1.165) is 48.2 Å². The molecule has 1 N–H and O–H groups in total. The number of piperidine rings is 1. The fourth-order valence-corrected chi connectivity index (χ4v) is 2.74. The number of anilines is 1. The van der Waals surface area contributed by atoms with E-state index in [1.54, 1.807) is 0 Å². The van der Waals surface area contributed by atoms with Crippen molar-refractivity contribution in [3.63, 3.8) is 0 Å². The van der Waals surface area contributed by atoms with Crippen LogP contribution in [0.15, 0.2) is 29.8 Å². The van der Waals surface area contributed by atoms with Gasteiger partial charge in [-0.15, -0.1) is 0 Å². The van der Waals surface area contributed by atoms with E-state index in [4.69, 9.17) is 23.2 Å². The fraction of sp³-hybridized carbons (Fsp3) is 0.500. The minimum absolute atomic E-state index is 0.480. The minimum Gasteiger partial charge on any atom is -0.381 e. The number of rotatable bonds is 4. The maximum Gasteiger partial charge on any atom is 0.0638 e. The Morgan fingerprint density at radius 1 is 1.30 bits per heavy atom. The maximum absolute atomic E-state index is 6.19. The fourth-order valence-electron chi connectivity index (χ4n) is 2.40. The van der Waals surface area contributed by atoms with Crippen molar-refractivity contribution in [3.05, 3.63) is 39.9 Å². The van der Waals surface area contributed by atoms with Crippen LogP contribution in [-0.2, 0) is 0 Å². The molecule has 4 heteroatoms. The van der Waals surface area contributed by atoms with Gasteiger partial charge in [0.05, 0.1) is 10.7 Å². The molecule has 2 rings (SSSR count). The van der Waals surface area contributed by atoms with Crippen molar-refractivity contribution in [2.24, 2.45) is 0 Å². The van der Waals surface area contributed by atoms with E-state index < -0.39 is 0 Å². The van der Waals surface area contributed by atoms with Gasteiger partial charge in [0, 0.05) is 30.7 Å². The number of hydrogen-bond donors (Lipinski definition) is 1. The smallest absolute Gasteiger partial charge is 0.0638 e. The lowest BCUT2D eigenvalue weighted by Gasteiger charge is -2.32. The zero-order valence-corrected chi connectivity index (χ0v) is 13.6. The third kappa shape index (κ3) is 4.69. The Hall–Kier alpha value is -0.700. The summed E-state index contributed by atoms with van der Waals surface area (Å²) < 4.78 is 0. The quantitative estimate of drug-likeness (QED) is 0.801. The maximum atomic E-state index is 6.19. The van der Waals surface area contributed by atoms with Crippen LogP contribution in [0, 0.1) is 0 Å². The van der Waals surface area contributed by atoms with Gasteiger partial charge < -0.3 is 5.32 Å². The van der Waals surface area contributed by atoms with Crippen molar-refractivity contribution >= 4 is 28.9 Å². The number of benzene rings is 1. The second-order valence-corrected chi connectivity index (χ2v) is 6.47. The van der Waals surface area contributed by atoms with Crippen molar-refractivity contribution < 1.29 is 0 Å². The molecule has 0 spiro atoms. The van der Waals surface area contributed by atoms with Crippen molar-refractivity contribution in [1.29, 1.82) is 0 Å². The molecule has 0 bridgehead atoms. The Morgan fingerprint density at radius 2 is 2.00 bits per heavy atom. The third-order valence-electron chi connectivity index (χ3n) is 3.63. The van der Waals surface area contributed by atoms with E-state index in [1.807, 2.05) is 18.2 Å². The van der Waals surface area contributed by atoms with E-state index in [1.165, 1.54) is 5.57 Å². The van der Waals surface area contributed by atoms with Gasteiger partial charge in [0.1, 0.15) is 0 Å². The molecule has 1 saturated heterocycles. The van der Waals surface area contributed by atoms with Crippen LogP contribution in [0.5, 0.6) is 0 Å². The van der Waals surface area contributed by atoms with E-state index in [-0.39, 0.29) is 0 Å². The minimum atomic E-state index is 0.480. The summed E-state index contributed by atoms with van der Waals surface area (Å²) in [7, 11) is 0. The monoisotopic (exact) mass is 312 g/mol. The predicted octanol–water partition coefficient (Wildman–Crippen LogP) is 4.84. The molecule has 1 aromatic rings. The highest BCUT2D eigenvalue weighted by atomic mass is 35.5. The number of nitrogens with one attached hydrogen (secondary N) is 1. The van der Waals surface area contributed by atoms with Gasteiger partial charge in [-0.05, 0) is 44.9 Å². The summed E-state index contributed by atoms with van der Waals surface area (Å²) in [5.41, 5.74) is 2.33.